The van der Waals surface area contributed by atoms with Gasteiger partial charge in [0, 0.05) is 5.56 Å². The number of hydrogen-bond donors (Lipinski definition) is 1. The van der Waals surface area contributed by atoms with Crippen molar-refractivity contribution in [1.82, 2.24) is 20.4 Å². The molecule has 0 saturated carbocycles. The van der Waals surface area contributed by atoms with Crippen LogP contribution in [0, 0.1) is 6.92 Å². The molecular formula is C15H15N5O3S2. The van der Waals surface area contributed by atoms with Gasteiger partial charge >= 0.3 is 0 Å². The van der Waals surface area contributed by atoms with Gasteiger partial charge < -0.3 is 9.15 Å². The van der Waals surface area contributed by atoms with Gasteiger partial charge in [0.1, 0.15) is 10.8 Å². The molecule has 130 valence electrons. The number of thioether (sulfide) groups is 1. The first kappa shape index (κ1) is 17.4. The summed E-state index contributed by atoms with van der Waals surface area (Å²) < 4.78 is 11.0. The van der Waals surface area contributed by atoms with Gasteiger partial charge in [-0.25, -0.2) is 0 Å². The van der Waals surface area contributed by atoms with E-state index in [1.165, 1.54) is 11.3 Å². The number of aryl methyl sites for hydroxylation is 1. The van der Waals surface area contributed by atoms with Crippen LogP contribution in [0.4, 0.5) is 5.13 Å². The molecule has 1 aromatic carbocycles. The lowest BCUT2D eigenvalue weighted by Crippen LogP contribution is -2.13. The molecule has 0 unspecified atom stereocenters. The minimum absolute atomic E-state index is 0.142. The summed E-state index contributed by atoms with van der Waals surface area (Å²) in [5, 5.41) is 19.9. The molecule has 0 saturated heterocycles. The van der Waals surface area contributed by atoms with Crippen LogP contribution in [0.25, 0.3) is 11.5 Å². The van der Waals surface area contributed by atoms with Crippen molar-refractivity contribution < 1.29 is 13.9 Å². The Hall–Kier alpha value is -2.46. The van der Waals surface area contributed by atoms with Crippen LogP contribution in [0.1, 0.15) is 11.9 Å². The second-order valence-corrected chi connectivity index (χ2v) is 6.90. The fourth-order valence-electron chi connectivity index (χ4n) is 1.87. The summed E-state index contributed by atoms with van der Waals surface area (Å²) in [4.78, 5) is 11.9. The fourth-order valence-corrected chi connectivity index (χ4v) is 3.05. The smallest absolute Gasteiger partial charge is 0.277 e. The van der Waals surface area contributed by atoms with E-state index in [9.17, 15) is 4.79 Å². The molecule has 1 N–H and O–H groups in total. The lowest BCUT2D eigenvalue weighted by atomic mass is 10.2. The van der Waals surface area contributed by atoms with Gasteiger partial charge in [0.15, 0.2) is 0 Å². The van der Waals surface area contributed by atoms with Crippen LogP contribution < -0.4 is 10.1 Å². The Balaban J connectivity index is 1.55. The van der Waals surface area contributed by atoms with E-state index in [1.54, 1.807) is 0 Å². The molecule has 1 amide bonds. The zero-order valence-electron chi connectivity index (χ0n) is 13.6. The molecule has 3 rings (SSSR count). The lowest BCUT2D eigenvalue weighted by molar-refractivity contribution is -0.113. The predicted octanol–water partition coefficient (Wildman–Crippen LogP) is 3.03. The van der Waals surface area contributed by atoms with E-state index in [-0.39, 0.29) is 11.7 Å². The van der Waals surface area contributed by atoms with Crippen molar-refractivity contribution in [3.63, 3.8) is 0 Å². The number of hydrogen-bond acceptors (Lipinski definition) is 9. The summed E-state index contributed by atoms with van der Waals surface area (Å²) in [5.41, 5.74) is 0.789. The first-order valence-corrected chi connectivity index (χ1v) is 9.23. The fraction of sp³-hybridized carbons (Fsp3) is 0.267. The van der Waals surface area contributed by atoms with Gasteiger partial charge in [-0.15, -0.1) is 20.4 Å². The molecule has 0 bridgehead atoms. The highest BCUT2D eigenvalue weighted by Gasteiger charge is 2.12. The number of aromatic nitrogens is 4. The third kappa shape index (κ3) is 4.77. The molecule has 0 fully saturated rings. The van der Waals surface area contributed by atoms with Gasteiger partial charge in [0.2, 0.25) is 16.9 Å². The first-order chi connectivity index (χ1) is 12.1. The van der Waals surface area contributed by atoms with Crippen molar-refractivity contribution in [2.24, 2.45) is 0 Å². The van der Waals surface area contributed by atoms with Crippen LogP contribution in [0.3, 0.4) is 0 Å². The van der Waals surface area contributed by atoms with Crippen LogP contribution in [-0.4, -0.2) is 38.7 Å². The minimum atomic E-state index is -0.207. The Bertz CT molecular complexity index is 847. The van der Waals surface area contributed by atoms with Crippen molar-refractivity contribution in [2.45, 2.75) is 19.1 Å². The standard InChI is InChI=1S/C15H15N5O3S2/c1-3-22-11-6-4-10(5-7-11)13-18-20-15(23-13)24-8-12(21)16-14-19-17-9(2)25-14/h4-7H,3,8H2,1-2H3,(H,16,19,21). The Kier molecular flexibility index (Phi) is 5.61. The molecule has 2 heterocycles. The zero-order valence-corrected chi connectivity index (χ0v) is 15.2. The van der Waals surface area contributed by atoms with Gasteiger partial charge in [-0.2, -0.15) is 0 Å². The molecular weight excluding hydrogens is 362 g/mol. The highest BCUT2D eigenvalue weighted by atomic mass is 32.2. The highest BCUT2D eigenvalue weighted by Crippen LogP contribution is 2.25. The third-order valence-corrected chi connectivity index (χ3v) is 4.49. The number of benzene rings is 1. The largest absolute Gasteiger partial charge is 0.494 e. The van der Waals surface area contributed by atoms with E-state index >= 15 is 0 Å². The number of ether oxygens (including phenoxy) is 1. The van der Waals surface area contributed by atoms with Crippen molar-refractivity contribution in [2.75, 3.05) is 17.7 Å². The number of rotatable bonds is 7. The molecule has 0 aliphatic rings. The highest BCUT2D eigenvalue weighted by molar-refractivity contribution is 7.99. The number of nitrogens with zero attached hydrogens (tertiary/aromatic N) is 4. The number of carbonyl (C=O) groups excluding carboxylic acids is 1. The Morgan fingerprint density at radius 1 is 1.24 bits per heavy atom. The van der Waals surface area contributed by atoms with Crippen molar-refractivity contribution >= 4 is 34.1 Å². The topological polar surface area (TPSA) is 103 Å². The van der Waals surface area contributed by atoms with E-state index in [4.69, 9.17) is 9.15 Å². The van der Waals surface area contributed by atoms with E-state index in [0.717, 1.165) is 28.1 Å². The van der Waals surface area contributed by atoms with Gasteiger partial charge in [-0.1, -0.05) is 23.1 Å². The molecule has 0 atom stereocenters. The summed E-state index contributed by atoms with van der Waals surface area (Å²) in [5.74, 6) is 1.11. The second kappa shape index (κ2) is 8.08. The van der Waals surface area contributed by atoms with E-state index in [1.807, 2.05) is 38.1 Å². The van der Waals surface area contributed by atoms with Crippen LogP contribution in [-0.2, 0) is 4.79 Å². The molecule has 25 heavy (non-hydrogen) atoms. The monoisotopic (exact) mass is 377 g/mol. The maximum absolute atomic E-state index is 11.9. The molecule has 0 aliphatic carbocycles. The Morgan fingerprint density at radius 3 is 2.72 bits per heavy atom. The van der Waals surface area contributed by atoms with E-state index in [2.05, 4.69) is 25.7 Å². The number of nitrogens with one attached hydrogen (secondary N) is 1. The van der Waals surface area contributed by atoms with Crippen molar-refractivity contribution in [3.05, 3.63) is 29.3 Å². The molecule has 3 aromatic rings. The predicted molar refractivity (Wildman–Crippen MR) is 94.9 cm³/mol. The number of carbonyl (C=O) groups is 1. The maximum atomic E-state index is 11.9. The summed E-state index contributed by atoms with van der Waals surface area (Å²) in [6, 6.07) is 7.37. The summed E-state index contributed by atoms with van der Waals surface area (Å²) in [7, 11) is 0. The number of anilines is 1. The lowest BCUT2D eigenvalue weighted by Gasteiger charge is -2.02. The zero-order chi connectivity index (χ0) is 17.6. The summed E-state index contributed by atoms with van der Waals surface area (Å²) in [6.45, 7) is 4.36. The Morgan fingerprint density at radius 2 is 2.04 bits per heavy atom. The SMILES string of the molecule is CCOc1ccc(-c2nnc(SCC(=O)Nc3nnc(C)s3)o2)cc1. The second-order valence-electron chi connectivity index (χ2n) is 4.79. The molecule has 0 aliphatic heterocycles. The first-order valence-electron chi connectivity index (χ1n) is 7.43. The van der Waals surface area contributed by atoms with Gasteiger partial charge in [-0.05, 0) is 38.1 Å². The van der Waals surface area contributed by atoms with Gasteiger partial charge in [0.05, 0.1) is 12.4 Å². The van der Waals surface area contributed by atoms with Crippen LogP contribution in [0.5, 0.6) is 5.75 Å². The normalized spacial score (nSPS) is 10.6. The average molecular weight is 377 g/mol. The minimum Gasteiger partial charge on any atom is -0.494 e. The number of amides is 1. The molecule has 0 spiro atoms. The van der Waals surface area contributed by atoms with Crippen molar-refractivity contribution in [3.8, 4) is 17.2 Å². The molecule has 10 heteroatoms. The average Bonchev–Trinajstić information content (AvgIpc) is 3.23. The molecule has 2 aromatic heterocycles. The van der Waals surface area contributed by atoms with E-state index < -0.39 is 0 Å². The van der Waals surface area contributed by atoms with Crippen LogP contribution in [0.15, 0.2) is 33.9 Å². The van der Waals surface area contributed by atoms with Gasteiger partial charge in [-0.3, -0.25) is 10.1 Å². The quantitative estimate of drug-likeness (QED) is 0.627. The Labute approximate surface area is 152 Å². The maximum Gasteiger partial charge on any atom is 0.277 e. The molecule has 0 radical (unpaired) electrons. The molecule has 8 nitrogen and oxygen atoms in total. The van der Waals surface area contributed by atoms with Crippen molar-refractivity contribution in [1.29, 1.82) is 0 Å². The third-order valence-electron chi connectivity index (χ3n) is 2.92. The van der Waals surface area contributed by atoms with Crippen LogP contribution >= 0.6 is 23.1 Å². The summed E-state index contributed by atoms with van der Waals surface area (Å²) in [6.07, 6.45) is 0. The van der Waals surface area contributed by atoms with E-state index in [0.29, 0.717) is 22.9 Å². The van der Waals surface area contributed by atoms with Gasteiger partial charge in [0.25, 0.3) is 5.22 Å². The summed E-state index contributed by atoms with van der Waals surface area (Å²) >= 11 is 2.48. The van der Waals surface area contributed by atoms with Crippen LogP contribution in [0.2, 0.25) is 0 Å².